The highest BCUT2D eigenvalue weighted by molar-refractivity contribution is 5.66. The van der Waals surface area contributed by atoms with E-state index in [2.05, 4.69) is 16.0 Å². The van der Waals surface area contributed by atoms with Crippen LogP contribution in [0.4, 0.5) is 11.4 Å². The molecule has 0 unspecified atom stereocenters. The fourth-order valence-electron chi connectivity index (χ4n) is 1.69. The second-order valence-corrected chi connectivity index (χ2v) is 3.78. The van der Waals surface area contributed by atoms with Crippen molar-refractivity contribution < 1.29 is 0 Å². The van der Waals surface area contributed by atoms with Gasteiger partial charge in [0.1, 0.15) is 0 Å². The molecule has 82 valence electrons. The molecule has 0 radical (unpaired) electrons. The lowest BCUT2D eigenvalue weighted by Gasteiger charge is -2.20. The Morgan fingerprint density at radius 3 is 2.69 bits per heavy atom. The van der Waals surface area contributed by atoms with Gasteiger partial charge in [-0.05, 0) is 23.8 Å². The first kappa shape index (κ1) is 10.5. The zero-order valence-corrected chi connectivity index (χ0v) is 9.30. The summed E-state index contributed by atoms with van der Waals surface area (Å²) in [5, 5.41) is 0. The minimum atomic E-state index is 0.800. The Kier molecular flexibility index (Phi) is 3.05. The predicted octanol–water partition coefficient (Wildman–Crippen LogP) is 2.30. The number of anilines is 2. The Hall–Kier alpha value is -2.03. The van der Waals surface area contributed by atoms with Gasteiger partial charge in [0.25, 0.3) is 0 Å². The van der Waals surface area contributed by atoms with Crippen LogP contribution in [0.1, 0.15) is 5.56 Å². The molecule has 1 aromatic heterocycles. The van der Waals surface area contributed by atoms with Gasteiger partial charge >= 0.3 is 0 Å². The van der Waals surface area contributed by atoms with E-state index in [1.54, 1.807) is 6.20 Å². The van der Waals surface area contributed by atoms with Crippen molar-refractivity contribution in [3.05, 3.63) is 54.4 Å². The first-order chi connectivity index (χ1) is 7.77. The van der Waals surface area contributed by atoms with E-state index in [1.165, 1.54) is 5.56 Å². The molecule has 2 aromatic rings. The molecule has 0 bridgehead atoms. The number of nitrogens with two attached hydrogens (primary N) is 1. The van der Waals surface area contributed by atoms with Crippen molar-refractivity contribution in [1.82, 2.24) is 4.98 Å². The van der Waals surface area contributed by atoms with Crippen LogP contribution in [0.25, 0.3) is 0 Å². The van der Waals surface area contributed by atoms with Crippen LogP contribution in [-0.2, 0) is 6.54 Å². The Morgan fingerprint density at radius 1 is 1.19 bits per heavy atom. The largest absolute Gasteiger partial charge is 0.397 e. The third-order valence-electron chi connectivity index (χ3n) is 2.49. The van der Waals surface area contributed by atoms with Gasteiger partial charge in [0.2, 0.25) is 0 Å². The van der Waals surface area contributed by atoms with E-state index in [9.17, 15) is 0 Å². The van der Waals surface area contributed by atoms with Crippen LogP contribution in [0.5, 0.6) is 0 Å². The maximum absolute atomic E-state index is 5.92. The summed E-state index contributed by atoms with van der Waals surface area (Å²) in [7, 11) is 2.03. The lowest BCUT2D eigenvalue weighted by molar-refractivity contribution is 0.917. The molecule has 16 heavy (non-hydrogen) atoms. The van der Waals surface area contributed by atoms with Crippen molar-refractivity contribution in [2.45, 2.75) is 6.54 Å². The summed E-state index contributed by atoms with van der Waals surface area (Å²) >= 11 is 0. The zero-order chi connectivity index (χ0) is 11.4. The summed E-state index contributed by atoms with van der Waals surface area (Å²) in [5.74, 6) is 0. The van der Waals surface area contributed by atoms with Gasteiger partial charge in [0.05, 0.1) is 11.4 Å². The van der Waals surface area contributed by atoms with Gasteiger partial charge in [-0.1, -0.05) is 18.2 Å². The number of pyridine rings is 1. The number of hydrogen-bond donors (Lipinski definition) is 1. The lowest BCUT2D eigenvalue weighted by atomic mass is 10.2. The molecule has 0 atom stereocenters. The van der Waals surface area contributed by atoms with Gasteiger partial charge in [0, 0.05) is 26.0 Å². The average Bonchev–Trinajstić information content (AvgIpc) is 2.31. The highest BCUT2D eigenvalue weighted by Gasteiger charge is 2.04. The summed E-state index contributed by atoms with van der Waals surface area (Å²) in [5.41, 5.74) is 8.94. The van der Waals surface area contributed by atoms with Crippen molar-refractivity contribution >= 4 is 11.4 Å². The third-order valence-corrected chi connectivity index (χ3v) is 2.49. The first-order valence-electron chi connectivity index (χ1n) is 5.22. The van der Waals surface area contributed by atoms with Crippen molar-refractivity contribution in [3.8, 4) is 0 Å². The summed E-state index contributed by atoms with van der Waals surface area (Å²) in [6, 6.07) is 11.9. The summed E-state index contributed by atoms with van der Waals surface area (Å²) in [6.45, 7) is 0.808. The minimum Gasteiger partial charge on any atom is -0.397 e. The van der Waals surface area contributed by atoms with E-state index in [0.717, 1.165) is 17.9 Å². The number of nitrogen functional groups attached to an aromatic ring is 1. The van der Waals surface area contributed by atoms with Gasteiger partial charge in [-0.3, -0.25) is 4.98 Å². The molecular weight excluding hydrogens is 198 g/mol. The molecule has 0 amide bonds. The quantitative estimate of drug-likeness (QED) is 0.795. The van der Waals surface area contributed by atoms with Gasteiger partial charge in [-0.25, -0.2) is 0 Å². The van der Waals surface area contributed by atoms with Crippen molar-refractivity contribution in [2.24, 2.45) is 0 Å². The number of benzene rings is 1. The molecule has 2 N–H and O–H groups in total. The molecule has 0 saturated heterocycles. The molecule has 0 saturated carbocycles. The normalized spacial score (nSPS) is 10.1. The maximum Gasteiger partial charge on any atom is 0.0600 e. The molecule has 3 nitrogen and oxygen atoms in total. The van der Waals surface area contributed by atoms with E-state index in [1.807, 2.05) is 43.6 Å². The van der Waals surface area contributed by atoms with Crippen LogP contribution in [-0.4, -0.2) is 12.0 Å². The molecule has 1 heterocycles. The molecule has 0 aliphatic heterocycles. The predicted molar refractivity (Wildman–Crippen MR) is 67.2 cm³/mol. The van der Waals surface area contributed by atoms with E-state index in [0.29, 0.717) is 0 Å². The van der Waals surface area contributed by atoms with Crippen LogP contribution in [0.2, 0.25) is 0 Å². The standard InChI is InChI=1S/C13H15N3/c1-16(10-11-5-4-8-15-9-11)13-7-3-2-6-12(13)14/h2-9H,10,14H2,1H3. The van der Waals surface area contributed by atoms with E-state index < -0.39 is 0 Å². The third kappa shape index (κ3) is 2.31. The summed E-state index contributed by atoms with van der Waals surface area (Å²) in [6.07, 6.45) is 3.65. The topological polar surface area (TPSA) is 42.2 Å². The fraction of sp³-hybridized carbons (Fsp3) is 0.154. The number of hydrogen-bond acceptors (Lipinski definition) is 3. The van der Waals surface area contributed by atoms with Crippen molar-refractivity contribution in [1.29, 1.82) is 0 Å². The zero-order valence-electron chi connectivity index (χ0n) is 9.30. The molecule has 0 aliphatic rings. The average molecular weight is 213 g/mol. The van der Waals surface area contributed by atoms with Crippen LogP contribution >= 0.6 is 0 Å². The Balaban J connectivity index is 2.15. The van der Waals surface area contributed by atoms with Gasteiger partial charge in [-0.15, -0.1) is 0 Å². The highest BCUT2D eigenvalue weighted by atomic mass is 15.1. The molecular formula is C13H15N3. The minimum absolute atomic E-state index is 0.800. The summed E-state index contributed by atoms with van der Waals surface area (Å²) < 4.78 is 0. The lowest BCUT2D eigenvalue weighted by Crippen LogP contribution is -2.17. The number of rotatable bonds is 3. The Labute approximate surface area is 95.5 Å². The monoisotopic (exact) mass is 213 g/mol. The molecule has 3 heteroatoms. The van der Waals surface area contributed by atoms with Gasteiger partial charge in [0.15, 0.2) is 0 Å². The molecule has 2 rings (SSSR count). The van der Waals surface area contributed by atoms with E-state index >= 15 is 0 Å². The maximum atomic E-state index is 5.92. The molecule has 0 spiro atoms. The second kappa shape index (κ2) is 4.66. The Morgan fingerprint density at radius 2 is 2.00 bits per heavy atom. The van der Waals surface area contributed by atoms with E-state index in [4.69, 9.17) is 5.73 Å². The van der Waals surface area contributed by atoms with Crippen molar-refractivity contribution in [2.75, 3.05) is 17.7 Å². The van der Waals surface area contributed by atoms with Gasteiger partial charge < -0.3 is 10.6 Å². The van der Waals surface area contributed by atoms with Crippen molar-refractivity contribution in [3.63, 3.8) is 0 Å². The molecule has 0 aliphatic carbocycles. The SMILES string of the molecule is CN(Cc1cccnc1)c1ccccc1N. The van der Waals surface area contributed by atoms with Crippen LogP contribution in [0, 0.1) is 0 Å². The number of aromatic nitrogens is 1. The number of para-hydroxylation sites is 2. The van der Waals surface area contributed by atoms with Crippen LogP contribution in [0.3, 0.4) is 0 Å². The van der Waals surface area contributed by atoms with Crippen LogP contribution in [0.15, 0.2) is 48.8 Å². The molecule has 1 aromatic carbocycles. The van der Waals surface area contributed by atoms with E-state index in [-0.39, 0.29) is 0 Å². The van der Waals surface area contributed by atoms with Gasteiger partial charge in [-0.2, -0.15) is 0 Å². The smallest absolute Gasteiger partial charge is 0.0600 e. The highest BCUT2D eigenvalue weighted by Crippen LogP contribution is 2.22. The first-order valence-corrected chi connectivity index (χ1v) is 5.22. The fourth-order valence-corrected chi connectivity index (χ4v) is 1.69. The molecule has 0 fully saturated rings. The Bertz CT molecular complexity index is 454. The number of nitrogens with zero attached hydrogens (tertiary/aromatic N) is 2. The second-order valence-electron chi connectivity index (χ2n) is 3.78. The van der Waals surface area contributed by atoms with Crippen LogP contribution < -0.4 is 10.6 Å². The summed E-state index contributed by atoms with van der Waals surface area (Å²) in [4.78, 5) is 6.21.